The molecule has 0 spiro atoms. The third-order valence-corrected chi connectivity index (χ3v) is 2.69. The van der Waals surface area contributed by atoms with Crippen LogP contribution in [0.2, 0.25) is 0 Å². The highest BCUT2D eigenvalue weighted by Crippen LogP contribution is 2.21. The van der Waals surface area contributed by atoms with Crippen molar-refractivity contribution >= 4 is 23.3 Å². The van der Waals surface area contributed by atoms with Crippen molar-refractivity contribution in [1.29, 1.82) is 0 Å². The molecule has 17 heavy (non-hydrogen) atoms. The van der Waals surface area contributed by atoms with Gasteiger partial charge in [0.25, 0.3) is 0 Å². The Labute approximate surface area is 97.4 Å². The van der Waals surface area contributed by atoms with Crippen LogP contribution in [0, 0.1) is 0 Å². The quantitative estimate of drug-likeness (QED) is 0.757. The van der Waals surface area contributed by atoms with Gasteiger partial charge in [-0.25, -0.2) is 0 Å². The lowest BCUT2D eigenvalue weighted by molar-refractivity contribution is -0.138. The van der Waals surface area contributed by atoms with Crippen molar-refractivity contribution in [1.82, 2.24) is 4.57 Å². The molecule has 2 rings (SSSR count). The van der Waals surface area contributed by atoms with Crippen molar-refractivity contribution in [3.8, 4) is 0 Å². The molecule has 3 N–H and O–H groups in total. The molecule has 0 bridgehead atoms. The van der Waals surface area contributed by atoms with Crippen LogP contribution >= 0.6 is 0 Å². The van der Waals surface area contributed by atoms with E-state index in [0.717, 1.165) is 16.5 Å². The highest BCUT2D eigenvalue weighted by atomic mass is 16.4. The maximum Gasteiger partial charge on any atom is 0.320 e. The Morgan fingerprint density at radius 1 is 1.47 bits per heavy atom. The van der Waals surface area contributed by atoms with Crippen LogP contribution in [0.15, 0.2) is 30.5 Å². The summed E-state index contributed by atoms with van der Waals surface area (Å²) in [5, 5.41) is 9.64. The summed E-state index contributed by atoms with van der Waals surface area (Å²) in [6, 6.07) is 6.36. The molecule has 0 aliphatic rings. The number of aromatic nitrogens is 1. The average Bonchev–Trinajstić information content (AvgIpc) is 2.68. The largest absolute Gasteiger partial charge is 0.480 e. The SMILES string of the molecule is NC(Cc1cn(C=O)c2ccccc12)C(=O)O. The third kappa shape index (κ3) is 2.05. The molecule has 1 unspecified atom stereocenters. The van der Waals surface area contributed by atoms with Gasteiger partial charge in [0.1, 0.15) is 6.04 Å². The minimum absolute atomic E-state index is 0.205. The fourth-order valence-corrected chi connectivity index (χ4v) is 1.85. The Balaban J connectivity index is 2.47. The predicted octanol–water partition coefficient (Wildman–Crippen LogP) is 0.634. The highest BCUT2D eigenvalue weighted by molar-refractivity contribution is 5.89. The van der Waals surface area contributed by atoms with E-state index in [9.17, 15) is 9.59 Å². The summed E-state index contributed by atoms with van der Waals surface area (Å²) in [4.78, 5) is 21.6. The minimum atomic E-state index is -1.05. The van der Waals surface area contributed by atoms with Gasteiger partial charge in [-0.3, -0.25) is 14.2 Å². The lowest BCUT2D eigenvalue weighted by atomic mass is 10.1. The van der Waals surface area contributed by atoms with Crippen LogP contribution in [0.1, 0.15) is 5.56 Å². The zero-order valence-corrected chi connectivity index (χ0v) is 9.04. The van der Waals surface area contributed by atoms with E-state index in [1.54, 1.807) is 12.3 Å². The van der Waals surface area contributed by atoms with Crippen LogP contribution in [0.25, 0.3) is 10.9 Å². The van der Waals surface area contributed by atoms with E-state index in [1.165, 1.54) is 4.57 Å². The topological polar surface area (TPSA) is 85.3 Å². The van der Waals surface area contributed by atoms with Crippen molar-refractivity contribution < 1.29 is 14.7 Å². The molecule has 0 saturated heterocycles. The summed E-state index contributed by atoms with van der Waals surface area (Å²) in [7, 11) is 0. The molecular formula is C12H12N2O3. The molecule has 1 heterocycles. The second-order valence-electron chi connectivity index (χ2n) is 3.83. The Hall–Kier alpha value is -2.14. The summed E-state index contributed by atoms with van der Waals surface area (Å²) in [6.07, 6.45) is 2.52. The number of rotatable bonds is 4. The number of para-hydroxylation sites is 1. The van der Waals surface area contributed by atoms with Crippen LogP contribution in [0.4, 0.5) is 0 Å². The Morgan fingerprint density at radius 3 is 2.82 bits per heavy atom. The number of benzene rings is 1. The molecule has 0 aliphatic carbocycles. The number of carboxylic acids is 1. The fourth-order valence-electron chi connectivity index (χ4n) is 1.85. The van der Waals surface area contributed by atoms with Crippen LogP contribution in [0.3, 0.4) is 0 Å². The van der Waals surface area contributed by atoms with Gasteiger partial charge < -0.3 is 10.8 Å². The standard InChI is InChI=1S/C12H12N2O3/c13-10(12(16)17)5-8-6-14(7-15)11-4-2-1-3-9(8)11/h1-4,6-7,10H,5,13H2,(H,16,17). The number of carbonyl (C=O) groups excluding carboxylic acids is 1. The molecule has 0 aliphatic heterocycles. The van der Waals surface area contributed by atoms with E-state index in [4.69, 9.17) is 10.8 Å². The number of carboxylic acid groups (broad SMARTS) is 1. The number of nitrogens with zero attached hydrogens (tertiary/aromatic N) is 1. The van der Waals surface area contributed by atoms with Crippen LogP contribution < -0.4 is 5.73 Å². The van der Waals surface area contributed by atoms with Gasteiger partial charge in [0, 0.05) is 18.0 Å². The third-order valence-electron chi connectivity index (χ3n) is 2.69. The fraction of sp³-hybridized carbons (Fsp3) is 0.167. The number of nitrogens with two attached hydrogens (primary N) is 1. The molecule has 0 fully saturated rings. The van der Waals surface area contributed by atoms with Crippen molar-refractivity contribution in [3.05, 3.63) is 36.0 Å². The molecule has 2 aromatic rings. The zero-order chi connectivity index (χ0) is 12.4. The second-order valence-corrected chi connectivity index (χ2v) is 3.83. The predicted molar refractivity (Wildman–Crippen MR) is 63.4 cm³/mol. The number of aliphatic carboxylic acids is 1. The Kier molecular flexibility index (Phi) is 2.93. The van der Waals surface area contributed by atoms with Gasteiger partial charge in [0.15, 0.2) is 0 Å². The zero-order valence-electron chi connectivity index (χ0n) is 9.04. The normalized spacial score (nSPS) is 12.5. The number of carbonyl (C=O) groups is 2. The van der Waals surface area contributed by atoms with Crippen molar-refractivity contribution in [2.45, 2.75) is 12.5 Å². The monoisotopic (exact) mass is 232 g/mol. The van der Waals surface area contributed by atoms with E-state index < -0.39 is 12.0 Å². The molecule has 1 aromatic heterocycles. The lowest BCUT2D eigenvalue weighted by Gasteiger charge is -2.04. The maximum absolute atomic E-state index is 10.9. The average molecular weight is 232 g/mol. The first-order chi connectivity index (χ1) is 8.13. The van der Waals surface area contributed by atoms with Gasteiger partial charge >= 0.3 is 5.97 Å². The van der Waals surface area contributed by atoms with Gasteiger partial charge in [-0.1, -0.05) is 18.2 Å². The lowest BCUT2D eigenvalue weighted by Crippen LogP contribution is -2.32. The second kappa shape index (κ2) is 4.39. The molecule has 5 nitrogen and oxygen atoms in total. The minimum Gasteiger partial charge on any atom is -0.480 e. The molecule has 1 atom stereocenters. The molecule has 0 radical (unpaired) electrons. The highest BCUT2D eigenvalue weighted by Gasteiger charge is 2.15. The van der Waals surface area contributed by atoms with E-state index in [2.05, 4.69) is 0 Å². The number of hydrogen-bond donors (Lipinski definition) is 2. The molecule has 88 valence electrons. The van der Waals surface area contributed by atoms with Gasteiger partial charge in [-0.2, -0.15) is 0 Å². The first-order valence-electron chi connectivity index (χ1n) is 5.15. The summed E-state index contributed by atoms with van der Waals surface area (Å²) < 4.78 is 1.43. The number of hydrogen-bond acceptors (Lipinski definition) is 3. The first-order valence-corrected chi connectivity index (χ1v) is 5.15. The molecular weight excluding hydrogens is 220 g/mol. The Morgan fingerprint density at radius 2 is 2.18 bits per heavy atom. The van der Waals surface area contributed by atoms with Gasteiger partial charge in [0.05, 0.1) is 5.52 Å². The molecule has 0 amide bonds. The summed E-state index contributed by atoms with van der Waals surface area (Å²) in [5.74, 6) is -1.05. The van der Waals surface area contributed by atoms with Crippen LogP contribution in [-0.4, -0.2) is 28.1 Å². The summed E-state index contributed by atoms with van der Waals surface area (Å²) in [6.45, 7) is 0. The van der Waals surface area contributed by atoms with E-state index in [1.807, 2.05) is 18.2 Å². The van der Waals surface area contributed by atoms with Crippen molar-refractivity contribution in [3.63, 3.8) is 0 Å². The summed E-state index contributed by atoms with van der Waals surface area (Å²) >= 11 is 0. The van der Waals surface area contributed by atoms with Crippen LogP contribution in [0.5, 0.6) is 0 Å². The van der Waals surface area contributed by atoms with Gasteiger partial charge in [-0.15, -0.1) is 0 Å². The summed E-state index contributed by atoms with van der Waals surface area (Å²) in [5.41, 5.74) is 7.02. The van der Waals surface area contributed by atoms with Crippen LogP contribution in [-0.2, 0) is 16.0 Å². The Bertz CT molecular complexity index is 574. The van der Waals surface area contributed by atoms with E-state index in [-0.39, 0.29) is 6.42 Å². The molecule has 0 saturated carbocycles. The molecule has 1 aromatic carbocycles. The van der Waals surface area contributed by atoms with Gasteiger partial charge in [-0.05, 0) is 11.6 Å². The maximum atomic E-state index is 10.9. The van der Waals surface area contributed by atoms with E-state index in [0.29, 0.717) is 6.41 Å². The van der Waals surface area contributed by atoms with Crippen molar-refractivity contribution in [2.24, 2.45) is 5.73 Å². The smallest absolute Gasteiger partial charge is 0.320 e. The van der Waals surface area contributed by atoms with E-state index >= 15 is 0 Å². The molecule has 5 heteroatoms. The van der Waals surface area contributed by atoms with Crippen molar-refractivity contribution in [2.75, 3.05) is 0 Å². The first kappa shape index (κ1) is 11.3. The van der Waals surface area contributed by atoms with Gasteiger partial charge in [0.2, 0.25) is 6.41 Å². The number of fused-ring (bicyclic) bond motifs is 1.